The molecule has 0 aliphatic rings. The topological polar surface area (TPSA) is 59.5 Å². The van der Waals surface area contributed by atoms with Crippen molar-refractivity contribution in [2.75, 3.05) is 41.4 Å². The molecule has 1 aromatic heterocycles. The Morgan fingerprint density at radius 3 is 2.26 bits per heavy atom. The van der Waals surface area contributed by atoms with Gasteiger partial charge in [-0.1, -0.05) is 0 Å². The van der Waals surface area contributed by atoms with Gasteiger partial charge >= 0.3 is 0 Å². The van der Waals surface area contributed by atoms with Crippen molar-refractivity contribution >= 4 is 0 Å². The Balaban J connectivity index is 2.40. The number of ether oxygens (including phenoxy) is 2. The number of hydrogen-bond donors (Lipinski definition) is 1. The summed E-state index contributed by atoms with van der Waals surface area (Å²) in [6.07, 6.45) is 3.76. The van der Waals surface area contributed by atoms with Crippen LogP contribution in [0.15, 0.2) is 6.33 Å². The fourth-order valence-corrected chi connectivity index (χ4v) is 1.78. The van der Waals surface area contributed by atoms with Crippen LogP contribution in [0.5, 0.6) is 11.8 Å². The molecule has 0 spiro atoms. The van der Waals surface area contributed by atoms with Crippen LogP contribution in [0.2, 0.25) is 0 Å². The van der Waals surface area contributed by atoms with E-state index in [2.05, 4.69) is 34.3 Å². The molecule has 19 heavy (non-hydrogen) atoms. The molecule has 6 heteroatoms. The van der Waals surface area contributed by atoms with Gasteiger partial charge in [0.15, 0.2) is 0 Å². The standard InChI is InChI=1S/C13H24N4O2/c1-17(2)8-6-5-7-14-9-11-12(18-3)15-10-16-13(11)19-4/h10,14H,5-9H2,1-4H3. The quantitative estimate of drug-likeness (QED) is 0.672. The van der Waals surface area contributed by atoms with Crippen LogP contribution in [0, 0.1) is 0 Å². The van der Waals surface area contributed by atoms with E-state index in [1.807, 2.05) is 0 Å². The van der Waals surface area contributed by atoms with Crippen molar-refractivity contribution in [1.82, 2.24) is 20.2 Å². The molecule has 0 atom stereocenters. The third-order valence-electron chi connectivity index (χ3n) is 2.76. The van der Waals surface area contributed by atoms with Gasteiger partial charge < -0.3 is 19.7 Å². The number of unbranched alkanes of at least 4 members (excludes halogenated alkanes) is 1. The van der Waals surface area contributed by atoms with Gasteiger partial charge in [-0.3, -0.25) is 0 Å². The second kappa shape index (κ2) is 8.66. The lowest BCUT2D eigenvalue weighted by molar-refractivity contribution is 0.358. The molecular formula is C13H24N4O2. The minimum atomic E-state index is 0.563. The van der Waals surface area contributed by atoms with Crippen molar-refractivity contribution in [3.8, 4) is 11.8 Å². The van der Waals surface area contributed by atoms with E-state index in [0.29, 0.717) is 18.3 Å². The summed E-state index contributed by atoms with van der Waals surface area (Å²) in [6.45, 7) is 2.72. The molecule has 0 saturated heterocycles. The maximum atomic E-state index is 5.22. The van der Waals surface area contributed by atoms with E-state index in [4.69, 9.17) is 9.47 Å². The van der Waals surface area contributed by atoms with Gasteiger partial charge in [-0.05, 0) is 40.0 Å². The molecule has 1 aromatic rings. The van der Waals surface area contributed by atoms with E-state index in [-0.39, 0.29) is 0 Å². The maximum absolute atomic E-state index is 5.22. The fourth-order valence-electron chi connectivity index (χ4n) is 1.78. The SMILES string of the molecule is COc1ncnc(OC)c1CNCCCCN(C)C. The van der Waals surface area contributed by atoms with Gasteiger partial charge in [-0.2, -0.15) is 0 Å². The molecule has 0 fully saturated rings. The molecule has 0 amide bonds. The molecule has 0 aliphatic carbocycles. The van der Waals surface area contributed by atoms with E-state index in [9.17, 15) is 0 Å². The second-order valence-corrected chi connectivity index (χ2v) is 4.56. The number of nitrogens with zero attached hydrogens (tertiary/aromatic N) is 3. The summed E-state index contributed by atoms with van der Waals surface area (Å²) in [5, 5.41) is 3.37. The summed E-state index contributed by atoms with van der Waals surface area (Å²) in [4.78, 5) is 10.4. The summed E-state index contributed by atoms with van der Waals surface area (Å²) in [6, 6.07) is 0. The van der Waals surface area contributed by atoms with Crippen LogP contribution in [0.25, 0.3) is 0 Å². The molecule has 0 radical (unpaired) electrons. The molecule has 0 bridgehead atoms. The van der Waals surface area contributed by atoms with Gasteiger partial charge in [-0.25, -0.2) is 9.97 Å². The molecular weight excluding hydrogens is 244 g/mol. The first kappa shape index (κ1) is 15.7. The maximum Gasteiger partial charge on any atom is 0.224 e. The van der Waals surface area contributed by atoms with Crippen molar-refractivity contribution in [2.45, 2.75) is 19.4 Å². The number of methoxy groups -OCH3 is 2. The number of hydrogen-bond acceptors (Lipinski definition) is 6. The van der Waals surface area contributed by atoms with E-state index in [1.165, 1.54) is 12.7 Å². The monoisotopic (exact) mass is 268 g/mol. The molecule has 1 N–H and O–H groups in total. The molecule has 0 saturated carbocycles. The van der Waals surface area contributed by atoms with Crippen LogP contribution < -0.4 is 14.8 Å². The summed E-state index contributed by atoms with van der Waals surface area (Å²) in [7, 11) is 7.37. The van der Waals surface area contributed by atoms with E-state index in [0.717, 1.165) is 25.1 Å². The van der Waals surface area contributed by atoms with Gasteiger partial charge in [0.1, 0.15) is 6.33 Å². The van der Waals surface area contributed by atoms with Gasteiger partial charge in [-0.15, -0.1) is 0 Å². The Kier molecular flexibility index (Phi) is 7.14. The Morgan fingerprint density at radius 2 is 1.74 bits per heavy atom. The zero-order chi connectivity index (χ0) is 14.1. The lowest BCUT2D eigenvalue weighted by Crippen LogP contribution is -2.19. The molecule has 0 aliphatic heterocycles. The highest BCUT2D eigenvalue weighted by molar-refractivity contribution is 5.34. The van der Waals surface area contributed by atoms with E-state index < -0.39 is 0 Å². The third kappa shape index (κ3) is 5.40. The lowest BCUT2D eigenvalue weighted by atomic mass is 10.2. The molecule has 0 aromatic carbocycles. The van der Waals surface area contributed by atoms with Crippen LogP contribution >= 0.6 is 0 Å². The fraction of sp³-hybridized carbons (Fsp3) is 0.692. The molecule has 1 heterocycles. The molecule has 6 nitrogen and oxygen atoms in total. The van der Waals surface area contributed by atoms with Crippen LogP contribution in [-0.4, -0.2) is 56.3 Å². The number of aromatic nitrogens is 2. The smallest absolute Gasteiger partial charge is 0.224 e. The average molecular weight is 268 g/mol. The van der Waals surface area contributed by atoms with Crippen LogP contribution in [0.1, 0.15) is 18.4 Å². The Hall–Kier alpha value is -1.40. The normalized spacial score (nSPS) is 10.8. The lowest BCUT2D eigenvalue weighted by Gasteiger charge is -2.12. The van der Waals surface area contributed by atoms with Crippen molar-refractivity contribution in [3.05, 3.63) is 11.9 Å². The van der Waals surface area contributed by atoms with Crippen LogP contribution in [0.3, 0.4) is 0 Å². The summed E-state index contributed by atoms with van der Waals surface area (Å²) < 4.78 is 10.4. The van der Waals surface area contributed by atoms with E-state index >= 15 is 0 Å². The summed E-state index contributed by atoms with van der Waals surface area (Å²) in [5.41, 5.74) is 0.861. The minimum Gasteiger partial charge on any atom is -0.481 e. The van der Waals surface area contributed by atoms with Gasteiger partial charge in [0, 0.05) is 6.54 Å². The van der Waals surface area contributed by atoms with Crippen LogP contribution in [0.4, 0.5) is 0 Å². The van der Waals surface area contributed by atoms with Crippen LogP contribution in [-0.2, 0) is 6.54 Å². The first-order valence-electron chi connectivity index (χ1n) is 6.46. The number of nitrogens with one attached hydrogen (secondary N) is 1. The van der Waals surface area contributed by atoms with Gasteiger partial charge in [0.05, 0.1) is 19.8 Å². The summed E-state index contributed by atoms with van der Waals surface area (Å²) in [5.74, 6) is 1.13. The molecule has 108 valence electrons. The minimum absolute atomic E-state index is 0.563. The Morgan fingerprint density at radius 1 is 1.11 bits per heavy atom. The van der Waals surface area contributed by atoms with Crippen molar-refractivity contribution in [2.24, 2.45) is 0 Å². The third-order valence-corrected chi connectivity index (χ3v) is 2.76. The van der Waals surface area contributed by atoms with Crippen molar-refractivity contribution < 1.29 is 9.47 Å². The second-order valence-electron chi connectivity index (χ2n) is 4.56. The largest absolute Gasteiger partial charge is 0.481 e. The first-order chi connectivity index (χ1) is 9.19. The predicted molar refractivity (Wildman–Crippen MR) is 74.6 cm³/mol. The highest BCUT2D eigenvalue weighted by Gasteiger charge is 2.11. The highest BCUT2D eigenvalue weighted by atomic mass is 16.5. The first-order valence-corrected chi connectivity index (χ1v) is 6.46. The molecule has 1 rings (SSSR count). The van der Waals surface area contributed by atoms with Gasteiger partial charge in [0.2, 0.25) is 11.8 Å². The predicted octanol–water partition coefficient (Wildman–Crippen LogP) is 0.925. The summed E-state index contributed by atoms with van der Waals surface area (Å²) >= 11 is 0. The zero-order valence-corrected chi connectivity index (χ0v) is 12.3. The average Bonchev–Trinajstić information content (AvgIpc) is 2.42. The molecule has 0 unspecified atom stereocenters. The highest BCUT2D eigenvalue weighted by Crippen LogP contribution is 2.22. The Labute approximate surface area is 115 Å². The van der Waals surface area contributed by atoms with Crippen molar-refractivity contribution in [3.63, 3.8) is 0 Å². The van der Waals surface area contributed by atoms with E-state index in [1.54, 1.807) is 14.2 Å². The zero-order valence-electron chi connectivity index (χ0n) is 12.3. The Bertz CT molecular complexity index is 349. The van der Waals surface area contributed by atoms with Gasteiger partial charge in [0.25, 0.3) is 0 Å². The van der Waals surface area contributed by atoms with Crippen molar-refractivity contribution in [1.29, 1.82) is 0 Å². The number of rotatable bonds is 9.